The van der Waals surface area contributed by atoms with Crippen molar-refractivity contribution in [2.24, 2.45) is 0 Å². The van der Waals surface area contributed by atoms with Crippen LogP contribution in [0.25, 0.3) is 33.3 Å². The van der Waals surface area contributed by atoms with Crippen molar-refractivity contribution < 1.29 is 13.9 Å². The fraction of sp³-hybridized carbons (Fsp3) is 0.292. The Morgan fingerprint density at radius 2 is 1.79 bits per heavy atom. The summed E-state index contributed by atoms with van der Waals surface area (Å²) in [6, 6.07) is 18.5. The summed E-state index contributed by atoms with van der Waals surface area (Å²) in [5.74, 6) is 1.55. The Balaban J connectivity index is 1.32. The van der Waals surface area contributed by atoms with E-state index in [9.17, 15) is 0 Å². The zero-order valence-corrected chi connectivity index (χ0v) is 16.6. The zero-order valence-electron chi connectivity index (χ0n) is 16.6. The third kappa shape index (κ3) is 3.97. The van der Waals surface area contributed by atoms with Gasteiger partial charge < -0.3 is 13.9 Å². The Labute approximate surface area is 169 Å². The molecule has 1 aliphatic rings. The number of fused-ring (bicyclic) bond motifs is 2. The summed E-state index contributed by atoms with van der Waals surface area (Å²) in [6.07, 6.45) is 0. The first-order valence-corrected chi connectivity index (χ1v) is 10.1. The molecule has 5 rings (SSSR count). The molecular formula is C24H24N2O3. The highest BCUT2D eigenvalue weighted by atomic mass is 16.5. The smallest absolute Gasteiger partial charge is 0.227 e. The highest BCUT2D eigenvalue weighted by molar-refractivity contribution is 5.88. The van der Waals surface area contributed by atoms with Crippen molar-refractivity contribution in [1.82, 2.24) is 9.88 Å². The van der Waals surface area contributed by atoms with Gasteiger partial charge in [0.1, 0.15) is 17.9 Å². The van der Waals surface area contributed by atoms with E-state index in [1.807, 2.05) is 18.2 Å². The molecule has 1 aliphatic heterocycles. The maximum atomic E-state index is 5.97. The van der Waals surface area contributed by atoms with E-state index in [1.165, 1.54) is 5.56 Å². The number of benzene rings is 3. The molecule has 0 aliphatic carbocycles. The molecule has 148 valence electrons. The van der Waals surface area contributed by atoms with Crippen molar-refractivity contribution in [3.63, 3.8) is 0 Å². The van der Waals surface area contributed by atoms with E-state index in [0.717, 1.165) is 66.0 Å². The molecule has 1 saturated heterocycles. The van der Waals surface area contributed by atoms with Crippen LogP contribution in [-0.2, 0) is 4.74 Å². The first-order valence-electron chi connectivity index (χ1n) is 10.1. The van der Waals surface area contributed by atoms with Crippen LogP contribution in [0.1, 0.15) is 5.56 Å². The molecule has 3 aromatic carbocycles. The maximum absolute atomic E-state index is 5.97. The lowest BCUT2D eigenvalue weighted by Crippen LogP contribution is -2.38. The van der Waals surface area contributed by atoms with Gasteiger partial charge in [-0.15, -0.1) is 0 Å². The first kappa shape index (κ1) is 18.2. The maximum Gasteiger partial charge on any atom is 0.227 e. The molecule has 1 fully saturated rings. The third-order valence-electron chi connectivity index (χ3n) is 5.38. The highest BCUT2D eigenvalue weighted by Crippen LogP contribution is 2.29. The summed E-state index contributed by atoms with van der Waals surface area (Å²) in [5.41, 5.74) is 3.85. The van der Waals surface area contributed by atoms with Crippen LogP contribution in [0.15, 0.2) is 59.0 Å². The van der Waals surface area contributed by atoms with Crippen molar-refractivity contribution in [3.8, 4) is 17.2 Å². The Hall–Kier alpha value is -2.89. The summed E-state index contributed by atoms with van der Waals surface area (Å²) in [4.78, 5) is 7.00. The molecule has 1 aromatic heterocycles. The molecule has 0 atom stereocenters. The molecule has 0 spiro atoms. The van der Waals surface area contributed by atoms with E-state index in [2.05, 4.69) is 53.2 Å². The Morgan fingerprint density at radius 1 is 0.966 bits per heavy atom. The van der Waals surface area contributed by atoms with Crippen molar-refractivity contribution in [2.75, 3.05) is 39.5 Å². The van der Waals surface area contributed by atoms with Gasteiger partial charge in [-0.2, -0.15) is 0 Å². The van der Waals surface area contributed by atoms with Gasteiger partial charge >= 0.3 is 0 Å². The van der Waals surface area contributed by atoms with Gasteiger partial charge in [0.15, 0.2) is 5.58 Å². The number of oxazole rings is 1. The number of nitrogens with zero attached hydrogens (tertiary/aromatic N) is 2. The topological polar surface area (TPSA) is 47.7 Å². The number of ether oxygens (including phenoxy) is 2. The van der Waals surface area contributed by atoms with Crippen LogP contribution in [0, 0.1) is 6.92 Å². The van der Waals surface area contributed by atoms with Gasteiger partial charge in [-0.1, -0.05) is 18.2 Å². The lowest BCUT2D eigenvalue weighted by molar-refractivity contribution is 0.0322. The highest BCUT2D eigenvalue weighted by Gasteiger charge is 2.11. The second-order valence-electron chi connectivity index (χ2n) is 7.52. The summed E-state index contributed by atoms with van der Waals surface area (Å²) in [6.45, 7) is 7.27. The Bertz CT molecular complexity index is 1150. The number of hydrogen-bond donors (Lipinski definition) is 0. The number of rotatable bonds is 5. The fourth-order valence-corrected chi connectivity index (χ4v) is 3.72. The van der Waals surface area contributed by atoms with E-state index < -0.39 is 0 Å². The van der Waals surface area contributed by atoms with Crippen molar-refractivity contribution in [3.05, 3.63) is 60.2 Å². The predicted octanol–water partition coefficient (Wildman–Crippen LogP) is 4.67. The van der Waals surface area contributed by atoms with Gasteiger partial charge in [0.05, 0.1) is 13.2 Å². The number of hydrogen-bond acceptors (Lipinski definition) is 5. The van der Waals surface area contributed by atoms with Gasteiger partial charge in [-0.05, 0) is 59.7 Å². The summed E-state index contributed by atoms with van der Waals surface area (Å²) < 4.78 is 17.3. The molecule has 0 radical (unpaired) electrons. The number of aromatic nitrogens is 1. The van der Waals surface area contributed by atoms with Crippen LogP contribution >= 0.6 is 0 Å². The molecule has 0 N–H and O–H groups in total. The van der Waals surface area contributed by atoms with E-state index in [1.54, 1.807) is 0 Å². The SMILES string of the molecule is Cc1ccc2nc(-c3ccc4cc(OCCN5CCOCC5)ccc4c3)oc2c1. The molecule has 5 nitrogen and oxygen atoms in total. The molecule has 0 amide bonds. The fourth-order valence-electron chi connectivity index (χ4n) is 3.72. The lowest BCUT2D eigenvalue weighted by atomic mass is 10.1. The first-order chi connectivity index (χ1) is 14.2. The lowest BCUT2D eigenvalue weighted by Gasteiger charge is -2.26. The zero-order chi connectivity index (χ0) is 19.6. The van der Waals surface area contributed by atoms with Crippen LogP contribution in [0.4, 0.5) is 0 Å². The van der Waals surface area contributed by atoms with Crippen molar-refractivity contribution in [2.45, 2.75) is 6.92 Å². The summed E-state index contributed by atoms with van der Waals surface area (Å²) in [5, 5.41) is 2.28. The molecule has 0 saturated carbocycles. The largest absolute Gasteiger partial charge is 0.492 e. The quantitative estimate of drug-likeness (QED) is 0.497. The standard InChI is InChI=1S/C24H24N2O3/c1-17-2-7-22-23(14-17)29-24(25-22)20-4-3-19-16-21(6-5-18(19)15-20)28-13-10-26-8-11-27-12-9-26/h2-7,14-16H,8-13H2,1H3. The minimum Gasteiger partial charge on any atom is -0.492 e. The molecule has 29 heavy (non-hydrogen) atoms. The van der Waals surface area contributed by atoms with Crippen LogP contribution in [0.3, 0.4) is 0 Å². The number of morpholine rings is 1. The third-order valence-corrected chi connectivity index (χ3v) is 5.38. The minimum absolute atomic E-state index is 0.651. The van der Waals surface area contributed by atoms with Gasteiger partial charge in [0, 0.05) is 25.2 Å². The van der Waals surface area contributed by atoms with Gasteiger partial charge in [0.25, 0.3) is 0 Å². The van der Waals surface area contributed by atoms with Crippen LogP contribution in [-0.4, -0.2) is 49.3 Å². The van der Waals surface area contributed by atoms with Gasteiger partial charge in [0.2, 0.25) is 5.89 Å². The average molecular weight is 388 g/mol. The van der Waals surface area contributed by atoms with Crippen LogP contribution in [0.2, 0.25) is 0 Å². The summed E-state index contributed by atoms with van der Waals surface area (Å²) >= 11 is 0. The van der Waals surface area contributed by atoms with E-state index in [-0.39, 0.29) is 0 Å². The van der Waals surface area contributed by atoms with Gasteiger partial charge in [-0.3, -0.25) is 4.90 Å². The summed E-state index contributed by atoms with van der Waals surface area (Å²) in [7, 11) is 0. The molecular weight excluding hydrogens is 364 g/mol. The molecule has 4 aromatic rings. The van der Waals surface area contributed by atoms with Crippen LogP contribution in [0.5, 0.6) is 5.75 Å². The second kappa shape index (κ2) is 7.85. The van der Waals surface area contributed by atoms with Crippen molar-refractivity contribution in [1.29, 1.82) is 0 Å². The van der Waals surface area contributed by atoms with Crippen molar-refractivity contribution >= 4 is 21.9 Å². The van der Waals surface area contributed by atoms with E-state index in [4.69, 9.17) is 13.9 Å². The average Bonchev–Trinajstić information content (AvgIpc) is 3.17. The molecule has 0 bridgehead atoms. The minimum atomic E-state index is 0.651. The molecule has 2 heterocycles. The Kier molecular flexibility index (Phi) is 4.92. The predicted molar refractivity (Wildman–Crippen MR) is 114 cm³/mol. The monoisotopic (exact) mass is 388 g/mol. The second-order valence-corrected chi connectivity index (χ2v) is 7.52. The van der Waals surface area contributed by atoms with Gasteiger partial charge in [-0.25, -0.2) is 4.98 Å². The van der Waals surface area contributed by atoms with E-state index >= 15 is 0 Å². The number of aryl methyl sites for hydroxylation is 1. The molecule has 5 heteroatoms. The normalized spacial score (nSPS) is 15.2. The van der Waals surface area contributed by atoms with Crippen LogP contribution < -0.4 is 4.74 Å². The molecule has 0 unspecified atom stereocenters. The van der Waals surface area contributed by atoms with E-state index in [0.29, 0.717) is 12.5 Å². The Morgan fingerprint density at radius 3 is 2.69 bits per heavy atom.